The van der Waals surface area contributed by atoms with Crippen molar-refractivity contribution in [1.29, 1.82) is 0 Å². The van der Waals surface area contributed by atoms with E-state index < -0.39 is 5.97 Å². The van der Waals surface area contributed by atoms with Crippen LogP contribution in [0.4, 0.5) is 10.1 Å². The number of methoxy groups -OCH3 is 1. The molecule has 0 spiro atoms. The topological polar surface area (TPSA) is 47.9 Å². The molecule has 0 unspecified atom stereocenters. The number of nitrogens with zero attached hydrogens (tertiary/aromatic N) is 1. The fraction of sp³-hybridized carbons (Fsp3) is 0.0435. The Morgan fingerprint density at radius 3 is 2.57 bits per heavy atom. The zero-order valence-corrected chi connectivity index (χ0v) is 17.3. The number of benzene rings is 3. The Morgan fingerprint density at radius 2 is 1.83 bits per heavy atom. The van der Waals surface area contributed by atoms with Gasteiger partial charge in [0.2, 0.25) is 0 Å². The molecular formula is C23H15ClFNO3S. The molecule has 0 fully saturated rings. The highest BCUT2D eigenvalue weighted by molar-refractivity contribution is 7.21. The molecule has 150 valence electrons. The number of carbonyl (C=O) groups excluding carboxylic acids is 1. The minimum atomic E-state index is -0.549. The lowest BCUT2D eigenvalue weighted by Crippen LogP contribution is -2.08. The van der Waals surface area contributed by atoms with Crippen LogP contribution in [0.3, 0.4) is 0 Å². The summed E-state index contributed by atoms with van der Waals surface area (Å²) in [6.45, 7) is 0. The number of hydrogen-bond acceptors (Lipinski definition) is 5. The number of aliphatic imine (C=N–C) groups is 1. The van der Waals surface area contributed by atoms with Gasteiger partial charge in [-0.15, -0.1) is 11.3 Å². The molecule has 0 radical (unpaired) electrons. The van der Waals surface area contributed by atoms with Gasteiger partial charge in [-0.25, -0.2) is 9.18 Å². The second kappa shape index (κ2) is 8.65. The average Bonchev–Trinajstić information content (AvgIpc) is 3.11. The minimum Gasteiger partial charge on any atom is -0.493 e. The highest BCUT2D eigenvalue weighted by Gasteiger charge is 2.20. The normalized spacial score (nSPS) is 11.2. The fourth-order valence-electron chi connectivity index (χ4n) is 2.82. The molecular weight excluding hydrogens is 425 g/mol. The van der Waals surface area contributed by atoms with Gasteiger partial charge < -0.3 is 9.47 Å². The van der Waals surface area contributed by atoms with E-state index in [1.807, 2.05) is 24.3 Å². The maximum Gasteiger partial charge on any atom is 0.355 e. The molecule has 1 aromatic heterocycles. The molecule has 0 saturated carbocycles. The van der Waals surface area contributed by atoms with Gasteiger partial charge in [-0.2, -0.15) is 0 Å². The fourth-order valence-corrected chi connectivity index (χ4v) is 4.20. The van der Waals surface area contributed by atoms with E-state index in [4.69, 9.17) is 21.1 Å². The van der Waals surface area contributed by atoms with Crippen LogP contribution in [0.1, 0.15) is 15.2 Å². The molecule has 0 aliphatic heterocycles. The van der Waals surface area contributed by atoms with Gasteiger partial charge in [0.05, 0.1) is 17.8 Å². The zero-order valence-electron chi connectivity index (χ0n) is 15.8. The standard InChI is InChI=1S/C23H15ClFNO3S/c1-28-19-12-14(13-26-16-9-7-15(25)8-10-16)6-11-18(19)29-23(27)22-21(24)17-4-2-3-5-20(17)30-22/h2-13H,1H3. The summed E-state index contributed by atoms with van der Waals surface area (Å²) in [6.07, 6.45) is 1.62. The summed E-state index contributed by atoms with van der Waals surface area (Å²) in [5.74, 6) is -0.216. The Labute approximate surface area is 181 Å². The Kier molecular flexibility index (Phi) is 5.79. The lowest BCUT2D eigenvalue weighted by Gasteiger charge is -2.09. The van der Waals surface area contributed by atoms with Crippen LogP contribution in [0.2, 0.25) is 5.02 Å². The van der Waals surface area contributed by atoms with E-state index in [0.717, 1.165) is 15.6 Å². The van der Waals surface area contributed by atoms with Crippen LogP contribution in [0.15, 0.2) is 71.7 Å². The van der Waals surface area contributed by atoms with E-state index in [0.29, 0.717) is 21.3 Å². The van der Waals surface area contributed by atoms with Gasteiger partial charge in [0.25, 0.3) is 0 Å². The first-order valence-electron chi connectivity index (χ1n) is 8.92. The summed E-state index contributed by atoms with van der Waals surface area (Å²) in [5.41, 5.74) is 1.35. The van der Waals surface area contributed by atoms with Crippen LogP contribution in [0.25, 0.3) is 10.1 Å². The third-order valence-corrected chi connectivity index (χ3v) is 5.96. The molecule has 0 amide bonds. The Bertz CT molecular complexity index is 1250. The van der Waals surface area contributed by atoms with Gasteiger partial charge in [0.1, 0.15) is 10.7 Å². The summed E-state index contributed by atoms with van der Waals surface area (Å²) in [5, 5.41) is 1.19. The summed E-state index contributed by atoms with van der Waals surface area (Å²) >= 11 is 7.64. The summed E-state index contributed by atoms with van der Waals surface area (Å²) < 4.78 is 24.8. The maximum atomic E-state index is 13.0. The van der Waals surface area contributed by atoms with Crippen LogP contribution < -0.4 is 9.47 Å². The van der Waals surface area contributed by atoms with Crippen molar-refractivity contribution in [3.05, 3.63) is 88.0 Å². The van der Waals surface area contributed by atoms with Gasteiger partial charge >= 0.3 is 5.97 Å². The number of fused-ring (bicyclic) bond motifs is 1. The highest BCUT2D eigenvalue weighted by atomic mass is 35.5. The third kappa shape index (κ3) is 4.20. The quantitative estimate of drug-likeness (QED) is 0.198. The molecule has 0 aliphatic rings. The van der Waals surface area contributed by atoms with Crippen molar-refractivity contribution < 1.29 is 18.7 Å². The Hall–Kier alpha value is -3.22. The number of esters is 1. The molecule has 0 aliphatic carbocycles. The molecule has 4 rings (SSSR count). The number of carbonyl (C=O) groups is 1. The van der Waals surface area contributed by atoms with Crippen LogP contribution in [0, 0.1) is 5.82 Å². The molecule has 7 heteroatoms. The van der Waals surface area contributed by atoms with Gasteiger partial charge in [-0.05, 0) is 54.1 Å². The van der Waals surface area contributed by atoms with Crippen LogP contribution in [-0.2, 0) is 0 Å². The number of thiophene rings is 1. The molecule has 1 heterocycles. The van der Waals surface area contributed by atoms with Gasteiger partial charge in [-0.3, -0.25) is 4.99 Å². The molecule has 0 atom stereocenters. The summed E-state index contributed by atoms with van der Waals surface area (Å²) in [6, 6.07) is 18.4. The molecule has 0 N–H and O–H groups in total. The van der Waals surface area contributed by atoms with E-state index in [9.17, 15) is 9.18 Å². The van der Waals surface area contributed by atoms with Crippen molar-refractivity contribution in [2.75, 3.05) is 7.11 Å². The summed E-state index contributed by atoms with van der Waals surface area (Å²) in [7, 11) is 1.49. The molecule has 4 aromatic rings. The van der Waals surface area contributed by atoms with E-state index in [-0.39, 0.29) is 11.6 Å². The first kappa shape index (κ1) is 20.1. The van der Waals surface area contributed by atoms with Crippen molar-refractivity contribution in [3.8, 4) is 11.5 Å². The van der Waals surface area contributed by atoms with Crippen molar-refractivity contribution in [3.63, 3.8) is 0 Å². The Morgan fingerprint density at radius 1 is 1.07 bits per heavy atom. The van der Waals surface area contributed by atoms with Crippen molar-refractivity contribution >= 4 is 50.9 Å². The number of halogens is 2. The van der Waals surface area contributed by atoms with E-state index in [1.165, 1.54) is 30.6 Å². The van der Waals surface area contributed by atoms with Crippen LogP contribution >= 0.6 is 22.9 Å². The monoisotopic (exact) mass is 439 g/mol. The molecule has 0 bridgehead atoms. The molecule has 30 heavy (non-hydrogen) atoms. The lowest BCUT2D eigenvalue weighted by atomic mass is 10.2. The molecule has 4 nitrogen and oxygen atoms in total. The average molecular weight is 440 g/mol. The van der Waals surface area contributed by atoms with E-state index in [2.05, 4.69) is 4.99 Å². The van der Waals surface area contributed by atoms with Crippen molar-refractivity contribution in [2.24, 2.45) is 4.99 Å². The molecule has 3 aromatic carbocycles. The second-order valence-corrected chi connectivity index (χ2v) is 7.71. The predicted octanol–water partition coefficient (Wildman–Crippen LogP) is 6.67. The SMILES string of the molecule is COc1cc(C=Nc2ccc(F)cc2)ccc1OC(=O)c1sc2ccccc2c1Cl. The van der Waals surface area contributed by atoms with Crippen molar-refractivity contribution in [2.45, 2.75) is 0 Å². The smallest absolute Gasteiger partial charge is 0.355 e. The number of hydrogen-bond donors (Lipinski definition) is 0. The highest BCUT2D eigenvalue weighted by Crippen LogP contribution is 2.37. The van der Waals surface area contributed by atoms with Gasteiger partial charge in [0.15, 0.2) is 11.5 Å². The predicted molar refractivity (Wildman–Crippen MR) is 118 cm³/mol. The maximum absolute atomic E-state index is 13.0. The first-order chi connectivity index (χ1) is 14.5. The van der Waals surface area contributed by atoms with Gasteiger partial charge in [-0.1, -0.05) is 29.8 Å². The van der Waals surface area contributed by atoms with E-state index >= 15 is 0 Å². The summed E-state index contributed by atoms with van der Waals surface area (Å²) in [4.78, 5) is 17.3. The van der Waals surface area contributed by atoms with Crippen molar-refractivity contribution in [1.82, 2.24) is 0 Å². The van der Waals surface area contributed by atoms with Crippen LogP contribution in [-0.4, -0.2) is 19.3 Å². The largest absolute Gasteiger partial charge is 0.493 e. The lowest BCUT2D eigenvalue weighted by molar-refractivity contribution is 0.0735. The second-order valence-electron chi connectivity index (χ2n) is 6.28. The number of ether oxygens (including phenoxy) is 2. The first-order valence-corrected chi connectivity index (χ1v) is 10.1. The number of rotatable bonds is 5. The minimum absolute atomic E-state index is 0.273. The Balaban J connectivity index is 1.56. The zero-order chi connectivity index (χ0) is 21.1. The third-order valence-electron chi connectivity index (χ3n) is 4.30. The molecule has 0 saturated heterocycles. The van der Waals surface area contributed by atoms with Crippen LogP contribution in [0.5, 0.6) is 11.5 Å². The van der Waals surface area contributed by atoms with E-state index in [1.54, 1.807) is 36.5 Å². The van der Waals surface area contributed by atoms with Gasteiger partial charge in [0, 0.05) is 16.3 Å².